The van der Waals surface area contributed by atoms with Crippen molar-refractivity contribution in [3.63, 3.8) is 0 Å². The van der Waals surface area contributed by atoms with E-state index in [1.165, 1.54) is 250 Å². The van der Waals surface area contributed by atoms with Gasteiger partial charge in [0.15, 0.2) is 6.10 Å². The summed E-state index contributed by atoms with van der Waals surface area (Å²) in [6.45, 7) is 6.54. The van der Waals surface area contributed by atoms with Gasteiger partial charge < -0.3 is 14.2 Å². The maximum atomic E-state index is 13.0. The van der Waals surface area contributed by atoms with Gasteiger partial charge in [-0.3, -0.25) is 14.4 Å². The topological polar surface area (TPSA) is 78.9 Å². The summed E-state index contributed by atoms with van der Waals surface area (Å²) in [6, 6.07) is 0. The van der Waals surface area contributed by atoms with Crippen LogP contribution in [-0.4, -0.2) is 37.2 Å². The molecule has 1 atom stereocenters. The monoisotopic (exact) mass is 1160 g/mol. The number of unbranched alkanes of at least 4 members (excludes halogenated alkanes) is 44. The first-order valence-corrected chi connectivity index (χ1v) is 36.4. The average Bonchev–Trinajstić information content (AvgIpc) is 3.49. The van der Waals surface area contributed by atoms with Gasteiger partial charge in [0.2, 0.25) is 0 Å². The van der Waals surface area contributed by atoms with E-state index in [0.29, 0.717) is 19.3 Å². The van der Waals surface area contributed by atoms with Crippen LogP contribution in [0.3, 0.4) is 0 Å². The SMILES string of the molecule is CC/C=C\C/C=C\C/C=C\C/C=C\CCCCC(=O)OCC(COC(=O)CCCCCCCCCCCCCCCCCCCCCCCCCCCCCCC)OC(=O)CCCCCCCCCCC/C=C\C/C=C\CCCCCCC. The van der Waals surface area contributed by atoms with E-state index in [0.717, 1.165) is 89.9 Å². The highest BCUT2D eigenvalue weighted by Crippen LogP contribution is 2.18. The Balaban J connectivity index is 4.26. The van der Waals surface area contributed by atoms with Crippen LogP contribution in [0.25, 0.3) is 0 Å². The molecule has 0 aromatic carbocycles. The number of carbonyl (C=O) groups is 3. The molecule has 83 heavy (non-hydrogen) atoms. The fraction of sp³-hybridized carbons (Fsp3) is 0.805. The molecular formula is C77H138O6. The maximum Gasteiger partial charge on any atom is 0.306 e. The molecule has 0 aromatic rings. The first-order chi connectivity index (χ1) is 41.0. The molecular weight excluding hydrogens is 1020 g/mol. The third-order valence-corrected chi connectivity index (χ3v) is 16.2. The minimum atomic E-state index is -0.796. The van der Waals surface area contributed by atoms with Crippen LogP contribution < -0.4 is 0 Å². The number of carbonyl (C=O) groups excluding carboxylic acids is 3. The van der Waals surface area contributed by atoms with Gasteiger partial charge in [-0.25, -0.2) is 0 Å². The summed E-state index contributed by atoms with van der Waals surface area (Å²) in [7, 11) is 0. The van der Waals surface area contributed by atoms with Gasteiger partial charge in [-0.1, -0.05) is 344 Å². The van der Waals surface area contributed by atoms with Crippen molar-refractivity contribution in [3.8, 4) is 0 Å². The molecule has 0 aliphatic heterocycles. The smallest absolute Gasteiger partial charge is 0.306 e. The Labute approximate surface area is 516 Å². The Morgan fingerprint density at radius 2 is 0.470 bits per heavy atom. The van der Waals surface area contributed by atoms with Gasteiger partial charge in [-0.2, -0.15) is 0 Å². The molecule has 0 saturated carbocycles. The molecule has 0 fully saturated rings. The van der Waals surface area contributed by atoms with Gasteiger partial charge in [-0.15, -0.1) is 0 Å². The quantitative estimate of drug-likeness (QED) is 0.0261. The normalized spacial score (nSPS) is 12.5. The van der Waals surface area contributed by atoms with Gasteiger partial charge in [0.05, 0.1) is 0 Å². The van der Waals surface area contributed by atoms with Crippen LogP contribution in [0.15, 0.2) is 72.9 Å². The molecule has 0 bridgehead atoms. The van der Waals surface area contributed by atoms with Crippen LogP contribution in [0.1, 0.15) is 380 Å². The Bertz CT molecular complexity index is 1520. The van der Waals surface area contributed by atoms with Crippen molar-refractivity contribution in [2.24, 2.45) is 0 Å². The number of hydrogen-bond acceptors (Lipinski definition) is 6. The molecule has 0 N–H and O–H groups in total. The molecule has 0 saturated heterocycles. The number of allylic oxidation sites excluding steroid dienone is 12. The fourth-order valence-electron chi connectivity index (χ4n) is 10.8. The van der Waals surface area contributed by atoms with E-state index >= 15 is 0 Å². The first-order valence-electron chi connectivity index (χ1n) is 36.4. The summed E-state index contributed by atoms with van der Waals surface area (Å²) in [5.74, 6) is -0.914. The number of hydrogen-bond donors (Lipinski definition) is 0. The Hall–Kier alpha value is -3.15. The molecule has 6 nitrogen and oxygen atoms in total. The Kier molecular flexibility index (Phi) is 68.6. The largest absolute Gasteiger partial charge is 0.462 e. The molecule has 0 aromatic heterocycles. The molecule has 0 rings (SSSR count). The zero-order chi connectivity index (χ0) is 59.9. The van der Waals surface area contributed by atoms with Crippen molar-refractivity contribution in [1.82, 2.24) is 0 Å². The Morgan fingerprint density at radius 3 is 0.759 bits per heavy atom. The lowest BCUT2D eigenvalue weighted by Crippen LogP contribution is -2.30. The minimum absolute atomic E-state index is 0.0871. The highest BCUT2D eigenvalue weighted by atomic mass is 16.6. The van der Waals surface area contributed by atoms with Gasteiger partial charge in [0.1, 0.15) is 13.2 Å². The van der Waals surface area contributed by atoms with E-state index < -0.39 is 6.10 Å². The molecule has 482 valence electrons. The van der Waals surface area contributed by atoms with Crippen LogP contribution in [0, 0.1) is 0 Å². The van der Waals surface area contributed by atoms with Crippen molar-refractivity contribution in [2.75, 3.05) is 13.2 Å². The van der Waals surface area contributed by atoms with Gasteiger partial charge in [-0.05, 0) is 89.9 Å². The molecule has 0 heterocycles. The van der Waals surface area contributed by atoms with Crippen molar-refractivity contribution >= 4 is 17.9 Å². The predicted molar refractivity (Wildman–Crippen MR) is 362 cm³/mol. The standard InChI is InChI=1S/C77H138O6/c1-4-7-10-13-16-19-22-25-28-30-32-34-35-36-37-38-39-40-41-43-44-46-49-52-55-58-61-64-67-70-76(79)82-73-74(72-81-75(78)69-66-63-60-57-54-51-48-27-24-21-18-15-12-9-6-3)83-77(80)71-68-65-62-59-56-53-50-47-45-42-33-31-29-26-23-20-17-14-11-8-5-2/h9,12,18,21,23,26-27,31,33,48,54,57,74H,4-8,10-11,13-17,19-20,22,24-25,28-30,32,34-47,49-53,55-56,58-73H2,1-3H3/b12-9-,21-18-,26-23-,33-31-,48-27-,57-54-. The fourth-order valence-corrected chi connectivity index (χ4v) is 10.8. The summed E-state index contributed by atoms with van der Waals surface area (Å²) in [5, 5.41) is 0. The highest BCUT2D eigenvalue weighted by molar-refractivity contribution is 5.71. The van der Waals surface area contributed by atoms with Gasteiger partial charge >= 0.3 is 17.9 Å². The molecule has 0 radical (unpaired) electrons. The molecule has 0 aliphatic carbocycles. The van der Waals surface area contributed by atoms with E-state index in [1.807, 2.05) is 0 Å². The second-order valence-corrected chi connectivity index (χ2v) is 24.5. The van der Waals surface area contributed by atoms with Crippen LogP contribution in [-0.2, 0) is 28.6 Å². The summed E-state index contributed by atoms with van der Waals surface area (Å²) in [4.78, 5) is 38.4. The molecule has 1 unspecified atom stereocenters. The maximum absolute atomic E-state index is 13.0. The second kappa shape index (κ2) is 71.3. The van der Waals surface area contributed by atoms with Crippen molar-refractivity contribution in [2.45, 2.75) is 386 Å². The molecule has 0 amide bonds. The lowest BCUT2D eigenvalue weighted by Gasteiger charge is -2.18. The minimum Gasteiger partial charge on any atom is -0.462 e. The first kappa shape index (κ1) is 79.8. The van der Waals surface area contributed by atoms with Crippen molar-refractivity contribution in [3.05, 3.63) is 72.9 Å². The zero-order valence-corrected chi connectivity index (χ0v) is 55.5. The molecule has 0 aliphatic rings. The van der Waals surface area contributed by atoms with Crippen LogP contribution in [0.5, 0.6) is 0 Å². The zero-order valence-electron chi connectivity index (χ0n) is 55.5. The molecule has 6 heteroatoms. The summed E-state index contributed by atoms with van der Waals surface area (Å²) in [5.41, 5.74) is 0. The van der Waals surface area contributed by atoms with E-state index in [1.54, 1.807) is 0 Å². The van der Waals surface area contributed by atoms with Crippen LogP contribution in [0.4, 0.5) is 0 Å². The van der Waals surface area contributed by atoms with E-state index in [-0.39, 0.29) is 31.1 Å². The average molecular weight is 1160 g/mol. The Morgan fingerprint density at radius 1 is 0.253 bits per heavy atom. The van der Waals surface area contributed by atoms with Crippen molar-refractivity contribution < 1.29 is 28.6 Å². The second-order valence-electron chi connectivity index (χ2n) is 24.5. The lowest BCUT2D eigenvalue weighted by molar-refractivity contribution is -0.167. The number of ether oxygens (including phenoxy) is 3. The van der Waals surface area contributed by atoms with E-state index in [9.17, 15) is 14.4 Å². The molecule has 0 spiro atoms. The van der Waals surface area contributed by atoms with Crippen molar-refractivity contribution in [1.29, 1.82) is 0 Å². The van der Waals surface area contributed by atoms with Gasteiger partial charge in [0, 0.05) is 19.3 Å². The summed E-state index contributed by atoms with van der Waals surface area (Å²) in [6.07, 6.45) is 93.8. The summed E-state index contributed by atoms with van der Waals surface area (Å²) >= 11 is 0. The predicted octanol–water partition coefficient (Wildman–Crippen LogP) is 25.2. The lowest BCUT2D eigenvalue weighted by atomic mass is 10.0. The van der Waals surface area contributed by atoms with E-state index in [4.69, 9.17) is 14.2 Å². The number of rotatable bonds is 67. The van der Waals surface area contributed by atoms with Gasteiger partial charge in [0.25, 0.3) is 0 Å². The van der Waals surface area contributed by atoms with Crippen LogP contribution >= 0.6 is 0 Å². The summed E-state index contributed by atoms with van der Waals surface area (Å²) < 4.78 is 17.0. The van der Waals surface area contributed by atoms with E-state index in [2.05, 4.69) is 93.7 Å². The van der Waals surface area contributed by atoms with Crippen LogP contribution in [0.2, 0.25) is 0 Å². The number of esters is 3. The highest BCUT2D eigenvalue weighted by Gasteiger charge is 2.19. The third-order valence-electron chi connectivity index (χ3n) is 16.2. The third kappa shape index (κ3) is 69.5.